The van der Waals surface area contributed by atoms with Gasteiger partial charge in [0.1, 0.15) is 0 Å². The van der Waals surface area contributed by atoms with Crippen LogP contribution in [0.25, 0.3) is 0 Å². The SMILES string of the molecule is Cl.N#CC1C2CCNCCC12. The minimum atomic E-state index is 0. The van der Waals surface area contributed by atoms with E-state index >= 15 is 0 Å². The Labute approximate surface area is 73.4 Å². The molecule has 2 aliphatic rings. The van der Waals surface area contributed by atoms with Gasteiger partial charge in [0.25, 0.3) is 0 Å². The van der Waals surface area contributed by atoms with Gasteiger partial charge >= 0.3 is 0 Å². The van der Waals surface area contributed by atoms with Crippen molar-refractivity contribution in [1.29, 1.82) is 5.26 Å². The molecule has 2 atom stereocenters. The summed E-state index contributed by atoms with van der Waals surface area (Å²) < 4.78 is 0. The van der Waals surface area contributed by atoms with Gasteiger partial charge in [-0.2, -0.15) is 5.26 Å². The summed E-state index contributed by atoms with van der Waals surface area (Å²) in [6.45, 7) is 2.25. The van der Waals surface area contributed by atoms with E-state index in [1.165, 1.54) is 12.8 Å². The lowest BCUT2D eigenvalue weighted by molar-refractivity contribution is 0.624. The van der Waals surface area contributed by atoms with Gasteiger partial charge in [0, 0.05) is 0 Å². The summed E-state index contributed by atoms with van der Waals surface area (Å²) >= 11 is 0. The summed E-state index contributed by atoms with van der Waals surface area (Å²) in [5.41, 5.74) is 0. The van der Waals surface area contributed by atoms with Gasteiger partial charge in [0.2, 0.25) is 0 Å². The number of nitriles is 1. The van der Waals surface area contributed by atoms with Crippen LogP contribution in [-0.2, 0) is 0 Å². The monoisotopic (exact) mass is 172 g/mol. The Morgan fingerprint density at radius 1 is 1.18 bits per heavy atom. The van der Waals surface area contributed by atoms with Crippen molar-refractivity contribution in [2.45, 2.75) is 12.8 Å². The van der Waals surface area contributed by atoms with E-state index in [2.05, 4.69) is 11.4 Å². The second-order valence-corrected chi connectivity index (χ2v) is 3.31. The number of hydrogen-bond donors (Lipinski definition) is 1. The Hall–Kier alpha value is -0.260. The lowest BCUT2D eigenvalue weighted by Crippen LogP contribution is -2.15. The van der Waals surface area contributed by atoms with E-state index < -0.39 is 0 Å². The van der Waals surface area contributed by atoms with Crippen molar-refractivity contribution in [3.8, 4) is 6.07 Å². The fourth-order valence-electron chi connectivity index (χ4n) is 2.09. The van der Waals surface area contributed by atoms with Crippen LogP contribution in [0.2, 0.25) is 0 Å². The average Bonchev–Trinajstić information content (AvgIpc) is 2.59. The number of fused-ring (bicyclic) bond motifs is 1. The van der Waals surface area contributed by atoms with Gasteiger partial charge in [0.05, 0.1) is 12.0 Å². The van der Waals surface area contributed by atoms with Crippen molar-refractivity contribution in [1.82, 2.24) is 5.32 Å². The van der Waals surface area contributed by atoms with Crippen molar-refractivity contribution in [2.75, 3.05) is 13.1 Å². The first-order valence-electron chi connectivity index (χ1n) is 4.04. The van der Waals surface area contributed by atoms with Gasteiger partial charge in [0.15, 0.2) is 0 Å². The van der Waals surface area contributed by atoms with Crippen LogP contribution in [0.5, 0.6) is 0 Å². The van der Waals surface area contributed by atoms with Gasteiger partial charge in [-0.3, -0.25) is 0 Å². The maximum Gasteiger partial charge on any atom is 0.0661 e. The number of halogens is 1. The summed E-state index contributed by atoms with van der Waals surface area (Å²) in [5, 5.41) is 12.0. The minimum Gasteiger partial charge on any atom is -0.317 e. The van der Waals surface area contributed by atoms with Gasteiger partial charge in [-0.05, 0) is 37.8 Å². The number of rotatable bonds is 0. The quantitative estimate of drug-likeness (QED) is 0.596. The zero-order valence-corrected chi connectivity index (χ0v) is 7.23. The van der Waals surface area contributed by atoms with Gasteiger partial charge < -0.3 is 5.32 Å². The molecule has 1 saturated heterocycles. The molecule has 62 valence electrons. The largest absolute Gasteiger partial charge is 0.317 e. The molecule has 1 aliphatic carbocycles. The second kappa shape index (κ2) is 3.42. The molecule has 1 heterocycles. The molecule has 11 heavy (non-hydrogen) atoms. The maximum absolute atomic E-state index is 8.66. The Kier molecular flexibility index (Phi) is 2.75. The third-order valence-corrected chi connectivity index (χ3v) is 2.79. The molecule has 2 unspecified atom stereocenters. The van der Waals surface area contributed by atoms with E-state index in [0.717, 1.165) is 24.9 Å². The van der Waals surface area contributed by atoms with Gasteiger partial charge in [-0.15, -0.1) is 12.4 Å². The molecule has 1 saturated carbocycles. The lowest BCUT2D eigenvalue weighted by atomic mass is 10.2. The third-order valence-electron chi connectivity index (χ3n) is 2.79. The van der Waals surface area contributed by atoms with Crippen LogP contribution in [0.15, 0.2) is 0 Å². The highest BCUT2D eigenvalue weighted by atomic mass is 35.5. The van der Waals surface area contributed by atoms with Crippen LogP contribution >= 0.6 is 12.4 Å². The van der Waals surface area contributed by atoms with E-state index in [1.54, 1.807) is 0 Å². The average molecular weight is 173 g/mol. The van der Waals surface area contributed by atoms with Crippen molar-refractivity contribution < 1.29 is 0 Å². The zero-order chi connectivity index (χ0) is 6.97. The standard InChI is InChI=1S/C8H12N2.ClH/c9-5-8-6-1-3-10-4-2-7(6)8;/h6-8,10H,1-4H2;1H. The van der Waals surface area contributed by atoms with Crippen molar-refractivity contribution >= 4 is 12.4 Å². The van der Waals surface area contributed by atoms with E-state index in [4.69, 9.17) is 5.26 Å². The predicted octanol–water partition coefficient (Wildman–Crippen LogP) is 1.18. The summed E-state index contributed by atoms with van der Waals surface area (Å²) in [6, 6.07) is 2.38. The maximum atomic E-state index is 8.66. The molecular formula is C8H13ClN2. The van der Waals surface area contributed by atoms with E-state index in [0.29, 0.717) is 5.92 Å². The molecule has 0 aromatic heterocycles. The van der Waals surface area contributed by atoms with Gasteiger partial charge in [-0.25, -0.2) is 0 Å². The zero-order valence-electron chi connectivity index (χ0n) is 6.42. The fraction of sp³-hybridized carbons (Fsp3) is 0.875. The molecule has 1 aliphatic heterocycles. The molecule has 0 amide bonds. The van der Waals surface area contributed by atoms with Crippen LogP contribution in [0.1, 0.15) is 12.8 Å². The molecule has 2 nitrogen and oxygen atoms in total. The minimum absolute atomic E-state index is 0. The number of hydrogen-bond acceptors (Lipinski definition) is 2. The topological polar surface area (TPSA) is 35.8 Å². The summed E-state index contributed by atoms with van der Waals surface area (Å²) in [4.78, 5) is 0. The highest BCUT2D eigenvalue weighted by Crippen LogP contribution is 2.50. The van der Waals surface area contributed by atoms with Crippen LogP contribution < -0.4 is 5.32 Å². The summed E-state index contributed by atoms with van der Waals surface area (Å²) in [7, 11) is 0. The van der Waals surface area contributed by atoms with E-state index in [9.17, 15) is 0 Å². The van der Waals surface area contributed by atoms with Crippen LogP contribution in [0.3, 0.4) is 0 Å². The Balaban J connectivity index is 0.000000605. The van der Waals surface area contributed by atoms with Crippen molar-refractivity contribution in [3.63, 3.8) is 0 Å². The second-order valence-electron chi connectivity index (χ2n) is 3.31. The predicted molar refractivity (Wildman–Crippen MR) is 45.4 cm³/mol. The van der Waals surface area contributed by atoms with Crippen molar-refractivity contribution in [2.24, 2.45) is 17.8 Å². The lowest BCUT2D eigenvalue weighted by Gasteiger charge is -1.97. The molecule has 1 N–H and O–H groups in total. The highest BCUT2D eigenvalue weighted by molar-refractivity contribution is 5.85. The van der Waals surface area contributed by atoms with Crippen LogP contribution in [-0.4, -0.2) is 13.1 Å². The normalized spacial score (nSPS) is 40.8. The third kappa shape index (κ3) is 1.50. The van der Waals surface area contributed by atoms with Crippen LogP contribution in [0, 0.1) is 29.1 Å². The molecule has 0 aromatic carbocycles. The summed E-state index contributed by atoms with van der Waals surface area (Å²) in [6.07, 6.45) is 2.45. The number of nitrogens with zero attached hydrogens (tertiary/aromatic N) is 1. The fourth-order valence-corrected chi connectivity index (χ4v) is 2.09. The molecule has 0 radical (unpaired) electrons. The molecule has 3 heteroatoms. The molecule has 2 rings (SSSR count). The number of nitrogens with one attached hydrogen (secondary N) is 1. The van der Waals surface area contributed by atoms with Crippen LogP contribution in [0.4, 0.5) is 0 Å². The Morgan fingerprint density at radius 2 is 1.73 bits per heavy atom. The molecule has 0 spiro atoms. The Bertz CT molecular complexity index is 163. The first-order chi connectivity index (χ1) is 4.93. The molecular weight excluding hydrogens is 160 g/mol. The van der Waals surface area contributed by atoms with Crippen molar-refractivity contribution in [3.05, 3.63) is 0 Å². The molecule has 2 fully saturated rings. The first-order valence-corrected chi connectivity index (χ1v) is 4.04. The molecule has 0 bridgehead atoms. The summed E-state index contributed by atoms with van der Waals surface area (Å²) in [5.74, 6) is 1.92. The Morgan fingerprint density at radius 3 is 2.18 bits per heavy atom. The van der Waals surface area contributed by atoms with E-state index in [1.807, 2.05) is 0 Å². The smallest absolute Gasteiger partial charge is 0.0661 e. The first kappa shape index (κ1) is 8.83. The van der Waals surface area contributed by atoms with Gasteiger partial charge in [-0.1, -0.05) is 0 Å². The van der Waals surface area contributed by atoms with E-state index in [-0.39, 0.29) is 12.4 Å². The highest BCUT2D eigenvalue weighted by Gasteiger charge is 2.49. The molecule has 0 aromatic rings.